The van der Waals surface area contributed by atoms with E-state index in [0.717, 1.165) is 0 Å². The molecule has 69 valence electrons. The van der Waals surface area contributed by atoms with E-state index in [1.165, 1.54) is 12.1 Å². The molecule has 2 heteroatoms. The van der Waals surface area contributed by atoms with Crippen LogP contribution in [0.15, 0.2) is 24.8 Å². The Morgan fingerprint density at radius 3 is 2.69 bits per heavy atom. The molecule has 0 saturated carbocycles. The van der Waals surface area contributed by atoms with Crippen molar-refractivity contribution in [2.45, 2.75) is 20.0 Å². The highest BCUT2D eigenvalue weighted by Crippen LogP contribution is 2.20. The molecule has 0 aliphatic rings. The molecule has 0 unspecified atom stereocenters. The number of benzene rings is 1. The zero-order valence-corrected chi connectivity index (χ0v) is 7.80. The van der Waals surface area contributed by atoms with Crippen molar-refractivity contribution >= 4 is 0 Å². The van der Waals surface area contributed by atoms with Gasteiger partial charge in [-0.2, -0.15) is 0 Å². The second-order valence-electron chi connectivity index (χ2n) is 2.98. The van der Waals surface area contributed by atoms with Crippen LogP contribution in [0, 0.1) is 11.9 Å². The fraction of sp³-hybridized carbons (Fsp3) is 0.273. The maximum Gasteiger partial charge on any atom is 0.127 e. The fourth-order valence-electron chi connectivity index (χ4n) is 0.997. The lowest BCUT2D eigenvalue weighted by Gasteiger charge is -2.11. The van der Waals surface area contributed by atoms with E-state index in [1.807, 2.05) is 13.8 Å². The highest BCUT2D eigenvalue weighted by atomic mass is 19.1. The summed E-state index contributed by atoms with van der Waals surface area (Å²) in [5.74, 6) is 0.314. The van der Waals surface area contributed by atoms with Gasteiger partial charge in [0.1, 0.15) is 11.6 Å². The van der Waals surface area contributed by atoms with Gasteiger partial charge in [0, 0.05) is 5.56 Å². The molecular formula is C11H12FO. The molecule has 0 atom stereocenters. The van der Waals surface area contributed by atoms with E-state index < -0.39 is 0 Å². The molecule has 0 spiro atoms. The van der Waals surface area contributed by atoms with Crippen LogP contribution in [0.2, 0.25) is 0 Å². The van der Waals surface area contributed by atoms with Crippen LogP contribution in [0.25, 0.3) is 0 Å². The summed E-state index contributed by atoms with van der Waals surface area (Å²) in [5.41, 5.74) is 0.564. The summed E-state index contributed by atoms with van der Waals surface area (Å²) in [6, 6.07) is 4.30. The first-order valence-electron chi connectivity index (χ1n) is 4.13. The van der Waals surface area contributed by atoms with E-state index in [1.54, 1.807) is 6.07 Å². The zero-order valence-electron chi connectivity index (χ0n) is 7.80. The second-order valence-corrected chi connectivity index (χ2v) is 2.98. The van der Waals surface area contributed by atoms with Gasteiger partial charge in [-0.1, -0.05) is 6.58 Å². The molecule has 1 rings (SSSR count). The highest BCUT2D eigenvalue weighted by Gasteiger charge is 2.03. The van der Waals surface area contributed by atoms with Gasteiger partial charge in [0.2, 0.25) is 0 Å². The van der Waals surface area contributed by atoms with Gasteiger partial charge >= 0.3 is 0 Å². The van der Waals surface area contributed by atoms with Gasteiger partial charge in [-0.15, -0.1) is 0 Å². The summed E-state index contributed by atoms with van der Waals surface area (Å²) in [7, 11) is 0. The van der Waals surface area contributed by atoms with Crippen LogP contribution >= 0.6 is 0 Å². The third kappa shape index (κ3) is 2.58. The molecule has 1 radical (unpaired) electrons. The first-order valence-corrected chi connectivity index (χ1v) is 4.13. The summed E-state index contributed by atoms with van der Waals surface area (Å²) in [5, 5.41) is 0. The smallest absolute Gasteiger partial charge is 0.127 e. The topological polar surface area (TPSA) is 9.23 Å². The van der Waals surface area contributed by atoms with E-state index >= 15 is 0 Å². The van der Waals surface area contributed by atoms with Gasteiger partial charge < -0.3 is 4.74 Å². The van der Waals surface area contributed by atoms with E-state index in [2.05, 4.69) is 12.7 Å². The molecule has 0 fully saturated rings. The summed E-state index contributed by atoms with van der Waals surface area (Å²) >= 11 is 0. The van der Waals surface area contributed by atoms with E-state index in [4.69, 9.17) is 4.74 Å². The third-order valence-electron chi connectivity index (χ3n) is 1.49. The number of rotatable bonds is 3. The SMILES string of the molecule is C=[C]c1cc(F)ccc1OC(C)C. The molecule has 0 N–H and O–H groups in total. The second kappa shape index (κ2) is 4.08. The maximum absolute atomic E-state index is 12.7. The Morgan fingerprint density at radius 1 is 1.46 bits per heavy atom. The van der Waals surface area contributed by atoms with E-state index in [9.17, 15) is 4.39 Å². The van der Waals surface area contributed by atoms with Crippen LogP contribution in [-0.2, 0) is 0 Å². The molecule has 0 saturated heterocycles. The van der Waals surface area contributed by atoms with Crippen molar-refractivity contribution in [3.8, 4) is 5.75 Å². The summed E-state index contributed by atoms with van der Waals surface area (Å²) in [4.78, 5) is 0. The molecule has 0 bridgehead atoms. The monoisotopic (exact) mass is 179 g/mol. The van der Waals surface area contributed by atoms with E-state index in [-0.39, 0.29) is 11.9 Å². The Labute approximate surface area is 77.8 Å². The molecule has 0 aromatic heterocycles. The summed E-state index contributed by atoms with van der Waals surface area (Å²) in [6.07, 6.45) is 2.69. The average Bonchev–Trinajstić information content (AvgIpc) is 2.07. The molecule has 0 amide bonds. The minimum Gasteiger partial charge on any atom is -0.490 e. The quantitative estimate of drug-likeness (QED) is 0.693. The van der Waals surface area contributed by atoms with Gasteiger partial charge in [0.05, 0.1) is 6.10 Å². The predicted molar refractivity (Wildman–Crippen MR) is 50.1 cm³/mol. The van der Waals surface area contributed by atoms with Crippen molar-refractivity contribution in [1.82, 2.24) is 0 Å². The van der Waals surface area contributed by atoms with Crippen molar-refractivity contribution in [3.63, 3.8) is 0 Å². The lowest BCUT2D eigenvalue weighted by atomic mass is 10.2. The zero-order chi connectivity index (χ0) is 9.84. The van der Waals surface area contributed by atoms with Crippen molar-refractivity contribution in [3.05, 3.63) is 42.2 Å². The molecule has 0 aliphatic heterocycles. The lowest BCUT2D eigenvalue weighted by molar-refractivity contribution is 0.241. The minimum absolute atomic E-state index is 0.0672. The van der Waals surface area contributed by atoms with Crippen LogP contribution in [-0.4, -0.2) is 6.10 Å². The van der Waals surface area contributed by atoms with E-state index in [0.29, 0.717) is 11.3 Å². The van der Waals surface area contributed by atoms with Crippen molar-refractivity contribution in [2.75, 3.05) is 0 Å². The fourth-order valence-corrected chi connectivity index (χ4v) is 0.997. The average molecular weight is 179 g/mol. The first-order chi connectivity index (χ1) is 6.13. The van der Waals surface area contributed by atoms with Crippen LogP contribution in [0.3, 0.4) is 0 Å². The predicted octanol–water partition coefficient (Wildman–Crippen LogP) is 2.95. The van der Waals surface area contributed by atoms with Crippen molar-refractivity contribution in [1.29, 1.82) is 0 Å². The van der Waals surface area contributed by atoms with Crippen LogP contribution in [0.4, 0.5) is 4.39 Å². The molecule has 1 aromatic carbocycles. The summed E-state index contributed by atoms with van der Waals surface area (Å²) < 4.78 is 18.2. The number of ether oxygens (including phenoxy) is 1. The largest absolute Gasteiger partial charge is 0.490 e. The van der Waals surface area contributed by atoms with Crippen molar-refractivity contribution in [2.24, 2.45) is 0 Å². The highest BCUT2D eigenvalue weighted by molar-refractivity contribution is 5.37. The Kier molecular flexibility index (Phi) is 3.07. The van der Waals surface area contributed by atoms with Crippen molar-refractivity contribution < 1.29 is 9.13 Å². The minimum atomic E-state index is -0.303. The van der Waals surface area contributed by atoms with Crippen LogP contribution in [0.5, 0.6) is 5.75 Å². The normalized spacial score (nSPS) is 10.2. The molecule has 1 nitrogen and oxygen atoms in total. The molecule has 0 aliphatic carbocycles. The molecule has 13 heavy (non-hydrogen) atoms. The Bertz CT molecular complexity index is 305. The number of halogens is 1. The molecule has 1 aromatic rings. The van der Waals surface area contributed by atoms with Gasteiger partial charge in [-0.05, 0) is 38.1 Å². The van der Waals surface area contributed by atoms with Gasteiger partial charge in [0.15, 0.2) is 0 Å². The Morgan fingerprint density at radius 2 is 2.15 bits per heavy atom. The Hall–Kier alpha value is -1.31. The van der Waals surface area contributed by atoms with Gasteiger partial charge in [-0.25, -0.2) is 4.39 Å². The first kappa shape index (κ1) is 9.78. The van der Waals surface area contributed by atoms with Crippen LogP contribution < -0.4 is 4.74 Å². The lowest BCUT2D eigenvalue weighted by Crippen LogP contribution is -2.06. The van der Waals surface area contributed by atoms with Gasteiger partial charge in [0.25, 0.3) is 0 Å². The van der Waals surface area contributed by atoms with Crippen LogP contribution in [0.1, 0.15) is 19.4 Å². The number of hydrogen-bond donors (Lipinski definition) is 0. The Balaban J connectivity index is 2.99. The summed E-state index contributed by atoms with van der Waals surface area (Å²) in [6.45, 7) is 7.29. The van der Waals surface area contributed by atoms with Gasteiger partial charge in [-0.3, -0.25) is 0 Å². The third-order valence-corrected chi connectivity index (χ3v) is 1.49. The molecular weight excluding hydrogens is 167 g/mol. The standard InChI is InChI=1S/C11H12FO/c1-4-9-7-10(12)5-6-11(9)13-8(2)3/h5-8H,1H2,2-3H3. The molecule has 0 heterocycles. The number of hydrogen-bond acceptors (Lipinski definition) is 1. The maximum atomic E-state index is 12.7.